The van der Waals surface area contributed by atoms with Gasteiger partial charge in [-0.05, 0) is 36.6 Å². The maximum Gasteiger partial charge on any atom is 0.249 e. The van der Waals surface area contributed by atoms with E-state index in [0.29, 0.717) is 18.0 Å². The van der Waals surface area contributed by atoms with Crippen molar-refractivity contribution in [3.8, 4) is 17.1 Å². The Balaban J connectivity index is 1.35. The molecule has 2 N–H and O–H groups in total. The van der Waals surface area contributed by atoms with Crippen molar-refractivity contribution in [2.45, 2.75) is 19.3 Å². The van der Waals surface area contributed by atoms with Crippen molar-refractivity contribution in [2.75, 3.05) is 12.4 Å². The molecule has 1 amide bonds. The number of amides is 1. The van der Waals surface area contributed by atoms with E-state index in [0.717, 1.165) is 18.4 Å². The molecule has 29 heavy (non-hydrogen) atoms. The van der Waals surface area contributed by atoms with E-state index < -0.39 is 0 Å². The van der Waals surface area contributed by atoms with Crippen molar-refractivity contribution in [1.29, 1.82) is 0 Å². The highest BCUT2D eigenvalue weighted by Gasteiger charge is 2.13. The Hall–Kier alpha value is -3.61. The maximum atomic E-state index is 12.3. The zero-order chi connectivity index (χ0) is 20.2. The summed E-state index contributed by atoms with van der Waals surface area (Å²) in [7, 11) is 3.65. The van der Waals surface area contributed by atoms with E-state index in [1.807, 2.05) is 43.4 Å². The van der Waals surface area contributed by atoms with Crippen LogP contribution in [0, 0.1) is 0 Å². The number of hydrogen-bond acceptors (Lipinski definition) is 4. The molecule has 4 aromatic rings. The third kappa shape index (κ3) is 3.99. The van der Waals surface area contributed by atoms with Crippen molar-refractivity contribution >= 4 is 22.8 Å². The van der Waals surface area contributed by atoms with E-state index in [1.165, 1.54) is 16.5 Å². The van der Waals surface area contributed by atoms with Crippen LogP contribution in [0.25, 0.3) is 22.3 Å². The van der Waals surface area contributed by atoms with Gasteiger partial charge in [-0.25, -0.2) is 0 Å². The summed E-state index contributed by atoms with van der Waals surface area (Å²) in [6.07, 6.45) is 4.14. The molecule has 4 rings (SSSR count). The summed E-state index contributed by atoms with van der Waals surface area (Å²) >= 11 is 0. The van der Waals surface area contributed by atoms with Gasteiger partial charge in [0, 0.05) is 30.6 Å². The Kier molecular flexibility index (Phi) is 5.29. The smallest absolute Gasteiger partial charge is 0.249 e. The average Bonchev–Trinajstić information content (AvgIpc) is 3.33. The fraction of sp³-hybridized carbons (Fsp3) is 0.227. The molecule has 0 aliphatic heterocycles. The molecule has 0 saturated heterocycles. The van der Waals surface area contributed by atoms with Gasteiger partial charge >= 0.3 is 0 Å². The number of rotatable bonds is 7. The molecule has 0 aliphatic rings. The second-order valence-electron chi connectivity index (χ2n) is 6.89. The predicted octanol–water partition coefficient (Wildman–Crippen LogP) is 3.93. The Morgan fingerprint density at radius 2 is 1.97 bits per heavy atom. The van der Waals surface area contributed by atoms with Crippen LogP contribution in [0.2, 0.25) is 0 Å². The number of para-hydroxylation sites is 2. The zero-order valence-electron chi connectivity index (χ0n) is 16.5. The van der Waals surface area contributed by atoms with Gasteiger partial charge in [-0.3, -0.25) is 15.2 Å². The number of carbonyl (C=O) groups excluding carboxylic acids is 1. The minimum Gasteiger partial charge on any atom is -0.496 e. The van der Waals surface area contributed by atoms with Crippen molar-refractivity contribution in [2.24, 2.45) is 7.05 Å². The lowest BCUT2D eigenvalue weighted by Gasteiger charge is -2.04. The molecule has 148 valence electrons. The first-order chi connectivity index (χ1) is 14.2. The molecule has 2 aromatic carbocycles. The summed E-state index contributed by atoms with van der Waals surface area (Å²) in [5.74, 6) is 1.40. The van der Waals surface area contributed by atoms with E-state index in [-0.39, 0.29) is 11.9 Å². The van der Waals surface area contributed by atoms with Crippen LogP contribution in [0.5, 0.6) is 5.75 Å². The predicted molar refractivity (Wildman–Crippen MR) is 113 cm³/mol. The number of hydrogen-bond donors (Lipinski definition) is 2. The van der Waals surface area contributed by atoms with Crippen LogP contribution >= 0.6 is 0 Å². The summed E-state index contributed by atoms with van der Waals surface area (Å²) in [6.45, 7) is 0. The molecule has 0 bridgehead atoms. The summed E-state index contributed by atoms with van der Waals surface area (Å²) in [5.41, 5.74) is 3.25. The van der Waals surface area contributed by atoms with Crippen LogP contribution < -0.4 is 10.1 Å². The molecule has 0 saturated carbocycles. The van der Waals surface area contributed by atoms with Gasteiger partial charge in [0.2, 0.25) is 11.9 Å². The highest BCUT2D eigenvalue weighted by molar-refractivity contribution is 5.89. The number of benzene rings is 2. The third-order valence-electron chi connectivity index (χ3n) is 4.93. The quantitative estimate of drug-likeness (QED) is 0.501. The average molecular weight is 389 g/mol. The topological polar surface area (TPSA) is 84.8 Å². The third-order valence-corrected chi connectivity index (χ3v) is 4.93. The van der Waals surface area contributed by atoms with Gasteiger partial charge in [-0.1, -0.05) is 30.3 Å². The Labute approximate surface area is 168 Å². The van der Waals surface area contributed by atoms with Crippen molar-refractivity contribution in [1.82, 2.24) is 19.7 Å². The van der Waals surface area contributed by atoms with E-state index in [9.17, 15) is 4.79 Å². The molecule has 2 aromatic heterocycles. The Morgan fingerprint density at radius 3 is 2.83 bits per heavy atom. The number of H-pyrrole nitrogens is 1. The van der Waals surface area contributed by atoms with E-state index >= 15 is 0 Å². The molecule has 7 nitrogen and oxygen atoms in total. The first-order valence-electron chi connectivity index (χ1n) is 9.54. The van der Waals surface area contributed by atoms with Crippen LogP contribution in [0.3, 0.4) is 0 Å². The number of aromatic amines is 1. The van der Waals surface area contributed by atoms with Gasteiger partial charge in [0.1, 0.15) is 5.75 Å². The highest BCUT2D eigenvalue weighted by Crippen LogP contribution is 2.27. The largest absolute Gasteiger partial charge is 0.496 e. The van der Waals surface area contributed by atoms with Gasteiger partial charge in [0.25, 0.3) is 0 Å². The van der Waals surface area contributed by atoms with E-state index in [2.05, 4.69) is 43.4 Å². The lowest BCUT2D eigenvalue weighted by Crippen LogP contribution is -2.12. The summed E-state index contributed by atoms with van der Waals surface area (Å²) in [6, 6.07) is 15.8. The Bertz CT molecular complexity index is 1150. The first kappa shape index (κ1) is 18.7. The molecule has 0 radical (unpaired) electrons. The number of carbonyl (C=O) groups is 1. The van der Waals surface area contributed by atoms with Gasteiger partial charge in [-0.15, -0.1) is 5.10 Å². The van der Waals surface area contributed by atoms with E-state index in [1.54, 1.807) is 7.11 Å². The van der Waals surface area contributed by atoms with Crippen molar-refractivity contribution in [3.05, 3.63) is 60.3 Å². The van der Waals surface area contributed by atoms with Crippen LogP contribution in [0.4, 0.5) is 5.95 Å². The fourth-order valence-corrected chi connectivity index (χ4v) is 3.53. The normalized spacial score (nSPS) is 11.0. The minimum atomic E-state index is -0.101. The first-order valence-corrected chi connectivity index (χ1v) is 9.54. The number of anilines is 1. The number of nitrogens with one attached hydrogen (secondary N) is 2. The number of aryl methyl sites for hydroxylation is 2. The molecule has 7 heteroatoms. The second kappa shape index (κ2) is 8.18. The number of nitrogens with zero attached hydrogens (tertiary/aromatic N) is 3. The van der Waals surface area contributed by atoms with Gasteiger partial charge in [0.05, 0.1) is 12.7 Å². The molecule has 2 heterocycles. The van der Waals surface area contributed by atoms with Crippen molar-refractivity contribution in [3.63, 3.8) is 0 Å². The summed E-state index contributed by atoms with van der Waals surface area (Å²) in [4.78, 5) is 16.7. The maximum absolute atomic E-state index is 12.3. The van der Waals surface area contributed by atoms with Gasteiger partial charge < -0.3 is 9.30 Å². The van der Waals surface area contributed by atoms with E-state index in [4.69, 9.17) is 4.74 Å². The molecular weight excluding hydrogens is 366 g/mol. The van der Waals surface area contributed by atoms with Gasteiger partial charge in [-0.2, -0.15) is 4.98 Å². The monoisotopic (exact) mass is 389 g/mol. The number of ether oxygens (including phenoxy) is 1. The molecule has 0 unspecified atom stereocenters. The van der Waals surface area contributed by atoms with Crippen LogP contribution in [0.1, 0.15) is 18.4 Å². The highest BCUT2D eigenvalue weighted by atomic mass is 16.5. The SMILES string of the molecule is COc1ccccc1-c1nc(NC(=O)CCCc2cn(C)c3ccccc23)n[nH]1. The number of aromatic nitrogens is 4. The lowest BCUT2D eigenvalue weighted by molar-refractivity contribution is -0.116. The lowest BCUT2D eigenvalue weighted by atomic mass is 10.1. The molecular formula is C22H23N5O2. The number of fused-ring (bicyclic) bond motifs is 1. The molecule has 0 atom stereocenters. The van der Waals surface area contributed by atoms with Crippen molar-refractivity contribution < 1.29 is 9.53 Å². The minimum absolute atomic E-state index is 0.101. The Morgan fingerprint density at radius 1 is 1.17 bits per heavy atom. The van der Waals surface area contributed by atoms with Gasteiger partial charge in [0.15, 0.2) is 5.82 Å². The van der Waals surface area contributed by atoms with Crippen LogP contribution in [-0.2, 0) is 18.3 Å². The fourth-order valence-electron chi connectivity index (χ4n) is 3.53. The standard InChI is InChI=1S/C22H23N5O2/c1-27-14-15(16-9-3-5-11-18(16)27)8-7-13-20(28)23-22-24-21(25-26-22)17-10-4-6-12-19(17)29-2/h3-6,9-12,14H,7-8,13H2,1-2H3,(H2,23,24,25,26,28). The van der Waals surface area contributed by atoms with Crippen LogP contribution in [0.15, 0.2) is 54.7 Å². The van der Waals surface area contributed by atoms with Crippen LogP contribution in [-0.4, -0.2) is 32.8 Å². The summed E-state index contributed by atoms with van der Waals surface area (Å²) < 4.78 is 7.46. The second-order valence-corrected chi connectivity index (χ2v) is 6.89. The molecule has 0 fully saturated rings. The summed E-state index contributed by atoms with van der Waals surface area (Å²) in [5, 5.41) is 10.9. The molecule has 0 aliphatic carbocycles. The molecule has 0 spiro atoms. The zero-order valence-corrected chi connectivity index (χ0v) is 16.5. The number of methoxy groups -OCH3 is 1.